The molecule has 1 amide bonds. The number of aryl methyl sites for hydroxylation is 1. The smallest absolute Gasteiger partial charge is 0.255 e. The van der Waals surface area contributed by atoms with Gasteiger partial charge in [0.1, 0.15) is 0 Å². The minimum Gasteiger partial charge on any atom is -0.368 e. The predicted molar refractivity (Wildman–Crippen MR) is 159 cm³/mol. The number of nitrogens with zero attached hydrogens (tertiary/aromatic N) is 4. The van der Waals surface area contributed by atoms with Crippen LogP contribution in [0.5, 0.6) is 0 Å². The summed E-state index contributed by atoms with van der Waals surface area (Å²) in [5, 5.41) is 4.62. The van der Waals surface area contributed by atoms with Crippen molar-refractivity contribution < 1.29 is 4.79 Å². The molecule has 2 aromatic heterocycles. The van der Waals surface area contributed by atoms with E-state index in [2.05, 4.69) is 63.1 Å². The lowest BCUT2D eigenvalue weighted by molar-refractivity contribution is -0.111. The summed E-state index contributed by atoms with van der Waals surface area (Å²) in [6, 6.07) is 25.8. The highest BCUT2D eigenvalue weighted by Crippen LogP contribution is 2.30. The molecule has 0 aliphatic carbocycles. The molecular weight excluding hydrogens is 486 g/mol. The quantitative estimate of drug-likeness (QED) is 0.254. The summed E-state index contributed by atoms with van der Waals surface area (Å²) in [6.45, 7) is 9.12. The maximum absolute atomic E-state index is 13.3. The molecule has 1 aliphatic rings. The highest BCUT2D eigenvalue weighted by Gasteiger charge is 2.19. The van der Waals surface area contributed by atoms with Crippen molar-refractivity contribution in [2.45, 2.75) is 6.92 Å². The van der Waals surface area contributed by atoms with Crippen LogP contribution in [0.2, 0.25) is 0 Å². The normalized spacial score (nSPS) is 13.6. The van der Waals surface area contributed by atoms with Crippen molar-refractivity contribution in [1.82, 2.24) is 9.55 Å². The van der Waals surface area contributed by atoms with Crippen molar-refractivity contribution in [2.75, 3.05) is 41.3 Å². The van der Waals surface area contributed by atoms with Crippen LogP contribution in [0.25, 0.3) is 27.5 Å². The number of para-hydroxylation sites is 1. The molecule has 7 heteroatoms. The number of nitrogens with one attached hydrogen (secondary N) is 1. The fourth-order valence-electron chi connectivity index (χ4n) is 5.28. The zero-order valence-corrected chi connectivity index (χ0v) is 21.8. The lowest BCUT2D eigenvalue weighted by Gasteiger charge is -2.37. The zero-order valence-electron chi connectivity index (χ0n) is 21.8. The molecule has 7 nitrogen and oxygen atoms in total. The van der Waals surface area contributed by atoms with Crippen LogP contribution in [-0.4, -0.2) is 41.6 Å². The fraction of sp³-hybridized carbons (Fsp3) is 0.156. The Kier molecular flexibility index (Phi) is 6.32. The van der Waals surface area contributed by atoms with Gasteiger partial charge in [-0.25, -0.2) is 0 Å². The first-order valence-electron chi connectivity index (χ1n) is 13.1. The van der Waals surface area contributed by atoms with Crippen LogP contribution >= 0.6 is 0 Å². The number of carbonyl (C=O) groups excluding carboxylic acids is 1. The Balaban J connectivity index is 1.43. The summed E-state index contributed by atoms with van der Waals surface area (Å²) >= 11 is 0. The van der Waals surface area contributed by atoms with Gasteiger partial charge in [-0.05, 0) is 67.1 Å². The molecule has 1 fully saturated rings. The van der Waals surface area contributed by atoms with Gasteiger partial charge in [0.2, 0.25) is 5.91 Å². The molecule has 0 unspecified atom stereocenters. The molecule has 5 aromatic rings. The second-order valence-electron chi connectivity index (χ2n) is 9.77. The van der Waals surface area contributed by atoms with Crippen LogP contribution < -0.4 is 20.7 Å². The first kappa shape index (κ1) is 24.4. The number of aromatic nitrogens is 2. The van der Waals surface area contributed by atoms with Crippen LogP contribution in [0, 0.1) is 6.92 Å². The Hall–Kier alpha value is -4.91. The summed E-state index contributed by atoms with van der Waals surface area (Å²) in [4.78, 5) is 34.8. The number of rotatable bonds is 5. The third-order valence-corrected chi connectivity index (χ3v) is 7.39. The summed E-state index contributed by atoms with van der Waals surface area (Å²) in [6.07, 6.45) is 3.04. The van der Waals surface area contributed by atoms with Crippen LogP contribution in [-0.2, 0) is 4.79 Å². The van der Waals surface area contributed by atoms with E-state index in [4.69, 9.17) is 0 Å². The number of anilines is 3. The van der Waals surface area contributed by atoms with Crippen molar-refractivity contribution in [3.05, 3.63) is 114 Å². The van der Waals surface area contributed by atoms with Crippen molar-refractivity contribution in [2.24, 2.45) is 0 Å². The highest BCUT2D eigenvalue weighted by molar-refractivity contribution is 6.05. The molecule has 0 atom stereocenters. The Morgan fingerprint density at radius 3 is 2.33 bits per heavy atom. The number of fused-ring (bicyclic) bond motifs is 3. The third kappa shape index (κ3) is 4.63. The van der Waals surface area contributed by atoms with E-state index in [0.717, 1.165) is 59.2 Å². The average Bonchev–Trinajstić information content (AvgIpc) is 2.98. The minimum absolute atomic E-state index is 0.151. The van der Waals surface area contributed by atoms with Crippen molar-refractivity contribution in [1.29, 1.82) is 0 Å². The number of carbonyl (C=O) groups is 1. The van der Waals surface area contributed by atoms with E-state index in [9.17, 15) is 9.59 Å². The first-order valence-corrected chi connectivity index (χ1v) is 13.1. The number of hydrogen-bond donors (Lipinski definition) is 1. The standard InChI is InChI=1S/C32H29N5O2/c1-3-30(38)34-29-20-26(11-9-22(29)2)37-31(39)14-10-23-21-33-28-13-12-25(19-27(28)32(23)37)36-17-15-35(16-18-36)24-7-5-4-6-8-24/h3-14,19-21H,1,15-18H2,2H3,(H,34,38). The maximum Gasteiger partial charge on any atom is 0.255 e. The molecule has 6 rings (SSSR count). The van der Waals surface area contributed by atoms with Gasteiger partial charge in [0.25, 0.3) is 5.56 Å². The van der Waals surface area contributed by atoms with Crippen LogP contribution in [0.4, 0.5) is 17.1 Å². The maximum atomic E-state index is 13.3. The number of hydrogen-bond acceptors (Lipinski definition) is 5. The van der Waals surface area contributed by atoms with E-state index in [1.54, 1.807) is 16.8 Å². The molecule has 1 N–H and O–H groups in total. The highest BCUT2D eigenvalue weighted by atomic mass is 16.1. The first-order chi connectivity index (χ1) is 19.0. The number of piperazine rings is 1. The van der Waals surface area contributed by atoms with Gasteiger partial charge in [-0.15, -0.1) is 0 Å². The molecule has 39 heavy (non-hydrogen) atoms. The van der Waals surface area contributed by atoms with Gasteiger partial charge in [-0.1, -0.05) is 30.8 Å². The average molecular weight is 516 g/mol. The van der Waals surface area contributed by atoms with Gasteiger partial charge in [0.05, 0.1) is 16.7 Å². The monoisotopic (exact) mass is 515 g/mol. The van der Waals surface area contributed by atoms with Gasteiger partial charge >= 0.3 is 0 Å². The van der Waals surface area contributed by atoms with Gasteiger partial charge in [0.15, 0.2) is 0 Å². The summed E-state index contributed by atoms with van der Waals surface area (Å²) in [5.74, 6) is -0.299. The summed E-state index contributed by atoms with van der Waals surface area (Å²) in [7, 11) is 0. The van der Waals surface area contributed by atoms with E-state index in [1.165, 1.54) is 11.8 Å². The van der Waals surface area contributed by atoms with E-state index in [1.807, 2.05) is 43.3 Å². The SMILES string of the molecule is C=CC(=O)Nc1cc(-n2c(=O)ccc3cnc4ccc(N5CCN(c6ccccc6)CC5)cc4c32)ccc1C. The lowest BCUT2D eigenvalue weighted by Crippen LogP contribution is -2.46. The van der Waals surface area contributed by atoms with E-state index < -0.39 is 0 Å². The van der Waals surface area contributed by atoms with E-state index >= 15 is 0 Å². The Morgan fingerprint density at radius 2 is 1.59 bits per heavy atom. The molecule has 0 spiro atoms. The van der Waals surface area contributed by atoms with Crippen LogP contribution in [0.15, 0.2) is 103 Å². The number of pyridine rings is 2. The van der Waals surface area contributed by atoms with Gasteiger partial charge in [-0.3, -0.25) is 19.1 Å². The zero-order chi connectivity index (χ0) is 26.9. The number of amides is 1. The Morgan fingerprint density at radius 1 is 0.872 bits per heavy atom. The fourth-order valence-corrected chi connectivity index (χ4v) is 5.28. The van der Waals surface area contributed by atoms with Gasteiger partial charge in [0, 0.05) is 66.3 Å². The molecule has 0 bridgehead atoms. The molecule has 194 valence electrons. The molecule has 3 heterocycles. The number of benzene rings is 3. The lowest BCUT2D eigenvalue weighted by atomic mass is 10.1. The topological polar surface area (TPSA) is 70.5 Å². The van der Waals surface area contributed by atoms with E-state index in [0.29, 0.717) is 11.4 Å². The Labute approximate surface area is 226 Å². The largest absolute Gasteiger partial charge is 0.368 e. The molecule has 3 aromatic carbocycles. The second-order valence-corrected chi connectivity index (χ2v) is 9.77. The van der Waals surface area contributed by atoms with Crippen molar-refractivity contribution >= 4 is 44.8 Å². The predicted octanol–water partition coefficient (Wildman–Crippen LogP) is 5.30. The Bertz CT molecular complexity index is 1770. The van der Waals surface area contributed by atoms with Crippen LogP contribution in [0.3, 0.4) is 0 Å². The molecule has 0 saturated carbocycles. The molecule has 1 saturated heterocycles. The van der Waals surface area contributed by atoms with Crippen molar-refractivity contribution in [3.8, 4) is 5.69 Å². The second kappa shape index (κ2) is 10.1. The van der Waals surface area contributed by atoms with E-state index in [-0.39, 0.29) is 11.5 Å². The van der Waals surface area contributed by atoms with Gasteiger partial charge in [-0.2, -0.15) is 0 Å². The van der Waals surface area contributed by atoms with Crippen molar-refractivity contribution in [3.63, 3.8) is 0 Å². The molecule has 1 aliphatic heterocycles. The van der Waals surface area contributed by atoms with Crippen LogP contribution in [0.1, 0.15) is 5.56 Å². The molecule has 0 radical (unpaired) electrons. The summed E-state index contributed by atoms with van der Waals surface area (Å²) < 4.78 is 1.71. The summed E-state index contributed by atoms with van der Waals surface area (Å²) in [5.41, 5.74) is 6.02. The molecular formula is C32H29N5O2. The minimum atomic E-state index is -0.299. The third-order valence-electron chi connectivity index (χ3n) is 7.39. The van der Waals surface area contributed by atoms with Gasteiger partial charge < -0.3 is 15.1 Å².